The van der Waals surface area contributed by atoms with Crippen LogP contribution in [0.15, 0.2) is 47.1 Å². The predicted molar refractivity (Wildman–Crippen MR) is 84.4 cm³/mol. The molecule has 3 rings (SSSR count). The van der Waals surface area contributed by atoms with E-state index in [9.17, 15) is 9.59 Å². The van der Waals surface area contributed by atoms with E-state index in [4.69, 9.17) is 9.26 Å². The number of Topliss-reactive ketones (excluding diaryl/α,β-unsaturated/α-hetero) is 1. The number of benzene rings is 1. The molecule has 1 N–H and O–H groups in total. The van der Waals surface area contributed by atoms with Gasteiger partial charge in [0.15, 0.2) is 11.9 Å². The van der Waals surface area contributed by atoms with Gasteiger partial charge in [-0.05, 0) is 19.9 Å². The van der Waals surface area contributed by atoms with Gasteiger partial charge in [0.25, 0.3) is 5.89 Å². The molecule has 0 radical (unpaired) electrons. The van der Waals surface area contributed by atoms with Crippen LogP contribution in [0, 0.1) is 0 Å². The third kappa shape index (κ3) is 3.24. The molecule has 0 amide bonds. The maximum absolute atomic E-state index is 12.1. The molecule has 0 spiro atoms. The molecule has 1 atom stereocenters. The molecule has 24 heavy (non-hydrogen) atoms. The minimum absolute atomic E-state index is 0.136. The van der Waals surface area contributed by atoms with Crippen molar-refractivity contribution in [2.45, 2.75) is 20.0 Å². The van der Waals surface area contributed by atoms with Crippen LogP contribution in [-0.4, -0.2) is 26.9 Å². The van der Waals surface area contributed by atoms with Crippen LogP contribution < -0.4 is 0 Å². The highest BCUT2D eigenvalue weighted by molar-refractivity contribution is 5.97. The van der Waals surface area contributed by atoms with Gasteiger partial charge in [0.1, 0.15) is 5.69 Å². The lowest BCUT2D eigenvalue weighted by Crippen LogP contribution is -2.10. The number of carbonyl (C=O) groups excluding carboxylic acids is 2. The van der Waals surface area contributed by atoms with E-state index in [1.54, 1.807) is 6.92 Å². The number of aromatic amines is 1. The van der Waals surface area contributed by atoms with Crippen LogP contribution in [0.4, 0.5) is 0 Å². The molecule has 0 aliphatic heterocycles. The maximum atomic E-state index is 12.1. The molecule has 122 valence electrons. The van der Waals surface area contributed by atoms with E-state index in [2.05, 4.69) is 15.1 Å². The van der Waals surface area contributed by atoms with Crippen molar-refractivity contribution in [2.75, 3.05) is 0 Å². The van der Waals surface area contributed by atoms with E-state index in [0.29, 0.717) is 11.4 Å². The smallest absolute Gasteiger partial charge is 0.355 e. The molecule has 2 heterocycles. The van der Waals surface area contributed by atoms with E-state index in [1.807, 2.05) is 30.3 Å². The first kappa shape index (κ1) is 15.7. The second kappa shape index (κ2) is 6.49. The lowest BCUT2D eigenvalue weighted by molar-refractivity contribution is 0.0259. The molecule has 0 aliphatic carbocycles. The monoisotopic (exact) mass is 325 g/mol. The third-order valence-corrected chi connectivity index (χ3v) is 3.41. The number of ether oxygens (including phenoxy) is 1. The Morgan fingerprint density at radius 2 is 2.00 bits per heavy atom. The van der Waals surface area contributed by atoms with Crippen LogP contribution >= 0.6 is 0 Å². The van der Waals surface area contributed by atoms with Crippen molar-refractivity contribution in [3.8, 4) is 11.4 Å². The highest BCUT2D eigenvalue weighted by atomic mass is 16.6. The van der Waals surface area contributed by atoms with Crippen molar-refractivity contribution in [2.24, 2.45) is 0 Å². The van der Waals surface area contributed by atoms with Crippen molar-refractivity contribution in [1.82, 2.24) is 15.1 Å². The second-order valence-corrected chi connectivity index (χ2v) is 5.23. The Hall–Kier alpha value is -3.22. The molecule has 2 aromatic heterocycles. The van der Waals surface area contributed by atoms with E-state index in [-0.39, 0.29) is 17.4 Å². The van der Waals surface area contributed by atoms with Gasteiger partial charge in [-0.1, -0.05) is 35.5 Å². The standard InChI is InChI=1S/C17H15N3O4/c1-10(21)13-8-14(18-9-13)17(22)23-11(2)16-19-15(20-24-16)12-6-4-3-5-7-12/h3-9,11,18H,1-2H3/t11-/m1/s1. The Morgan fingerprint density at radius 3 is 2.67 bits per heavy atom. The fraction of sp³-hybridized carbons (Fsp3) is 0.176. The molecule has 0 unspecified atom stereocenters. The summed E-state index contributed by atoms with van der Waals surface area (Å²) < 4.78 is 10.4. The van der Waals surface area contributed by atoms with Gasteiger partial charge in [0.05, 0.1) is 0 Å². The number of carbonyl (C=O) groups is 2. The van der Waals surface area contributed by atoms with Crippen LogP contribution in [0.5, 0.6) is 0 Å². The van der Waals surface area contributed by atoms with Crippen LogP contribution in [0.25, 0.3) is 11.4 Å². The summed E-state index contributed by atoms with van der Waals surface area (Å²) in [4.78, 5) is 30.3. The van der Waals surface area contributed by atoms with Crippen LogP contribution in [0.2, 0.25) is 0 Å². The average molecular weight is 325 g/mol. The van der Waals surface area contributed by atoms with E-state index < -0.39 is 12.1 Å². The fourth-order valence-electron chi connectivity index (χ4n) is 2.09. The first-order valence-corrected chi connectivity index (χ1v) is 7.34. The zero-order chi connectivity index (χ0) is 17.1. The summed E-state index contributed by atoms with van der Waals surface area (Å²) in [6.45, 7) is 3.06. The molecule has 0 fully saturated rings. The van der Waals surface area contributed by atoms with Crippen molar-refractivity contribution in [3.63, 3.8) is 0 Å². The van der Waals surface area contributed by atoms with Gasteiger partial charge in [-0.2, -0.15) is 4.98 Å². The Morgan fingerprint density at radius 1 is 1.25 bits per heavy atom. The Kier molecular flexibility index (Phi) is 4.24. The number of aromatic nitrogens is 3. The van der Waals surface area contributed by atoms with Crippen LogP contribution in [0.1, 0.15) is 46.7 Å². The van der Waals surface area contributed by atoms with Crippen LogP contribution in [0.3, 0.4) is 0 Å². The zero-order valence-electron chi connectivity index (χ0n) is 13.1. The predicted octanol–water partition coefficient (Wildman–Crippen LogP) is 3.19. The fourth-order valence-corrected chi connectivity index (χ4v) is 2.09. The number of esters is 1. The SMILES string of the molecule is CC(=O)c1c[nH]c(C(=O)O[C@H](C)c2nc(-c3ccccc3)no2)c1. The first-order chi connectivity index (χ1) is 11.5. The van der Waals surface area contributed by atoms with Gasteiger partial charge in [-0.3, -0.25) is 4.79 Å². The number of hydrogen-bond acceptors (Lipinski definition) is 6. The van der Waals surface area contributed by atoms with Gasteiger partial charge in [0.2, 0.25) is 5.82 Å². The first-order valence-electron chi connectivity index (χ1n) is 7.34. The third-order valence-electron chi connectivity index (χ3n) is 3.41. The quantitative estimate of drug-likeness (QED) is 0.571. The average Bonchev–Trinajstić information content (AvgIpc) is 3.25. The minimum atomic E-state index is -0.716. The Balaban J connectivity index is 1.70. The second-order valence-electron chi connectivity index (χ2n) is 5.23. The lowest BCUT2D eigenvalue weighted by Gasteiger charge is -2.07. The van der Waals surface area contributed by atoms with Crippen LogP contribution in [-0.2, 0) is 4.74 Å². The normalized spacial score (nSPS) is 11.9. The number of rotatable bonds is 5. The van der Waals surface area contributed by atoms with Crippen molar-refractivity contribution >= 4 is 11.8 Å². The summed E-state index contributed by atoms with van der Waals surface area (Å²) in [5.74, 6) is -0.120. The summed E-state index contributed by atoms with van der Waals surface area (Å²) in [7, 11) is 0. The molecular formula is C17H15N3O4. The molecule has 1 aromatic carbocycles. The topological polar surface area (TPSA) is 98.1 Å². The number of hydrogen-bond donors (Lipinski definition) is 1. The van der Waals surface area contributed by atoms with E-state index >= 15 is 0 Å². The summed E-state index contributed by atoms with van der Waals surface area (Å²) in [5, 5.41) is 3.88. The largest absolute Gasteiger partial charge is 0.448 e. The number of ketones is 1. The van der Waals surface area contributed by atoms with E-state index in [1.165, 1.54) is 19.2 Å². The summed E-state index contributed by atoms with van der Waals surface area (Å²) in [5.41, 5.74) is 1.41. The Labute approximate surface area is 137 Å². The van der Waals surface area contributed by atoms with Crippen molar-refractivity contribution < 1.29 is 18.8 Å². The molecule has 0 saturated heterocycles. The molecule has 0 aliphatic rings. The zero-order valence-corrected chi connectivity index (χ0v) is 13.1. The summed E-state index contributed by atoms with van der Waals surface area (Å²) in [6.07, 6.45) is 0.746. The molecular weight excluding hydrogens is 310 g/mol. The number of H-pyrrole nitrogens is 1. The Bertz CT molecular complexity index is 867. The maximum Gasteiger partial charge on any atom is 0.355 e. The number of nitrogens with one attached hydrogen (secondary N) is 1. The molecule has 0 bridgehead atoms. The van der Waals surface area contributed by atoms with Gasteiger partial charge >= 0.3 is 5.97 Å². The van der Waals surface area contributed by atoms with E-state index in [0.717, 1.165) is 5.56 Å². The highest BCUT2D eigenvalue weighted by Crippen LogP contribution is 2.21. The van der Waals surface area contributed by atoms with Gasteiger partial charge in [-0.25, -0.2) is 4.79 Å². The van der Waals surface area contributed by atoms with Gasteiger partial charge in [-0.15, -0.1) is 0 Å². The minimum Gasteiger partial charge on any atom is -0.448 e. The van der Waals surface area contributed by atoms with Gasteiger partial charge < -0.3 is 14.2 Å². The molecule has 3 aromatic rings. The molecule has 7 nitrogen and oxygen atoms in total. The molecule has 7 heteroatoms. The van der Waals surface area contributed by atoms with Gasteiger partial charge in [0, 0.05) is 17.3 Å². The van der Waals surface area contributed by atoms with Crippen molar-refractivity contribution in [3.05, 3.63) is 59.7 Å². The summed E-state index contributed by atoms with van der Waals surface area (Å²) in [6, 6.07) is 10.8. The molecule has 0 saturated carbocycles. The van der Waals surface area contributed by atoms with Crippen molar-refractivity contribution in [1.29, 1.82) is 0 Å². The number of nitrogens with zero attached hydrogens (tertiary/aromatic N) is 2. The lowest BCUT2D eigenvalue weighted by atomic mass is 10.2. The summed E-state index contributed by atoms with van der Waals surface area (Å²) >= 11 is 0. The highest BCUT2D eigenvalue weighted by Gasteiger charge is 2.21.